The van der Waals surface area contributed by atoms with Gasteiger partial charge in [-0.15, -0.1) is 0 Å². The standard InChI is InChI=1S/C11H23N3O/c1-2-3-10(13)11(15)14-9-6-4-8(12)5-7-9/h8-10H,2-7,12-13H2,1H3,(H,14,15). The van der Waals surface area contributed by atoms with Crippen LogP contribution in [0.1, 0.15) is 45.4 Å². The van der Waals surface area contributed by atoms with Gasteiger partial charge in [-0.05, 0) is 32.1 Å². The first-order chi connectivity index (χ1) is 7.13. The van der Waals surface area contributed by atoms with Gasteiger partial charge in [0.05, 0.1) is 6.04 Å². The molecular weight excluding hydrogens is 190 g/mol. The molecule has 0 spiro atoms. The van der Waals surface area contributed by atoms with Crippen LogP contribution < -0.4 is 16.8 Å². The molecule has 1 atom stereocenters. The van der Waals surface area contributed by atoms with Crippen LogP contribution in [-0.2, 0) is 4.79 Å². The van der Waals surface area contributed by atoms with Crippen molar-refractivity contribution in [3.8, 4) is 0 Å². The van der Waals surface area contributed by atoms with E-state index in [1.165, 1.54) is 0 Å². The molecule has 1 amide bonds. The number of carbonyl (C=O) groups is 1. The molecule has 0 aliphatic heterocycles. The van der Waals surface area contributed by atoms with E-state index in [0.29, 0.717) is 12.1 Å². The SMILES string of the molecule is CCCC(N)C(=O)NC1CCC(N)CC1. The van der Waals surface area contributed by atoms with Gasteiger partial charge in [0.15, 0.2) is 0 Å². The van der Waals surface area contributed by atoms with Crippen molar-refractivity contribution in [1.82, 2.24) is 5.32 Å². The Hall–Kier alpha value is -0.610. The lowest BCUT2D eigenvalue weighted by Gasteiger charge is -2.27. The van der Waals surface area contributed by atoms with Crippen LogP contribution in [0.3, 0.4) is 0 Å². The number of hydrogen-bond donors (Lipinski definition) is 3. The summed E-state index contributed by atoms with van der Waals surface area (Å²) in [5.41, 5.74) is 11.5. The highest BCUT2D eigenvalue weighted by Crippen LogP contribution is 2.16. The van der Waals surface area contributed by atoms with Crippen LogP contribution in [-0.4, -0.2) is 24.0 Å². The Labute approximate surface area is 91.8 Å². The lowest BCUT2D eigenvalue weighted by molar-refractivity contribution is -0.123. The molecule has 88 valence electrons. The highest BCUT2D eigenvalue weighted by Gasteiger charge is 2.21. The number of amides is 1. The van der Waals surface area contributed by atoms with Gasteiger partial charge in [0.1, 0.15) is 0 Å². The normalized spacial score (nSPS) is 28.5. The zero-order chi connectivity index (χ0) is 11.3. The molecule has 0 radical (unpaired) electrons. The molecule has 15 heavy (non-hydrogen) atoms. The summed E-state index contributed by atoms with van der Waals surface area (Å²) in [6.07, 6.45) is 5.71. The summed E-state index contributed by atoms with van der Waals surface area (Å²) in [5.74, 6) is -0.00248. The van der Waals surface area contributed by atoms with Crippen LogP contribution in [0.5, 0.6) is 0 Å². The second-order valence-electron chi connectivity index (χ2n) is 4.52. The maximum Gasteiger partial charge on any atom is 0.237 e. The molecule has 4 heteroatoms. The summed E-state index contributed by atoms with van der Waals surface area (Å²) >= 11 is 0. The Kier molecular flexibility index (Phi) is 5.05. The van der Waals surface area contributed by atoms with Gasteiger partial charge in [-0.2, -0.15) is 0 Å². The third-order valence-electron chi connectivity index (χ3n) is 3.05. The summed E-state index contributed by atoms with van der Waals surface area (Å²) in [4.78, 5) is 11.6. The Morgan fingerprint density at radius 3 is 2.53 bits per heavy atom. The van der Waals surface area contributed by atoms with Crippen LogP contribution in [0.15, 0.2) is 0 Å². The lowest BCUT2D eigenvalue weighted by atomic mass is 9.91. The van der Waals surface area contributed by atoms with Crippen molar-refractivity contribution < 1.29 is 4.79 Å². The van der Waals surface area contributed by atoms with E-state index in [1.807, 2.05) is 6.92 Å². The van der Waals surface area contributed by atoms with Gasteiger partial charge in [-0.3, -0.25) is 4.79 Å². The van der Waals surface area contributed by atoms with E-state index in [1.54, 1.807) is 0 Å². The van der Waals surface area contributed by atoms with Gasteiger partial charge in [-0.1, -0.05) is 13.3 Å². The molecule has 1 rings (SSSR count). The fourth-order valence-corrected chi connectivity index (χ4v) is 2.01. The van der Waals surface area contributed by atoms with Crippen LogP contribution >= 0.6 is 0 Å². The summed E-state index contributed by atoms with van der Waals surface area (Å²) in [6.45, 7) is 2.03. The molecule has 0 aromatic rings. The van der Waals surface area contributed by atoms with Crippen molar-refractivity contribution in [2.75, 3.05) is 0 Å². The quantitative estimate of drug-likeness (QED) is 0.636. The molecule has 1 aliphatic rings. The molecule has 1 aliphatic carbocycles. The molecule has 1 unspecified atom stereocenters. The minimum Gasteiger partial charge on any atom is -0.352 e. The summed E-state index contributed by atoms with van der Waals surface area (Å²) in [5, 5.41) is 3.00. The summed E-state index contributed by atoms with van der Waals surface area (Å²) < 4.78 is 0. The highest BCUT2D eigenvalue weighted by atomic mass is 16.2. The lowest BCUT2D eigenvalue weighted by Crippen LogP contribution is -2.47. The number of hydrogen-bond acceptors (Lipinski definition) is 3. The van der Waals surface area contributed by atoms with E-state index in [4.69, 9.17) is 11.5 Å². The Balaban J connectivity index is 2.25. The average Bonchev–Trinajstić information content (AvgIpc) is 2.22. The van der Waals surface area contributed by atoms with Crippen molar-refractivity contribution in [1.29, 1.82) is 0 Å². The Morgan fingerprint density at radius 1 is 1.40 bits per heavy atom. The van der Waals surface area contributed by atoms with Crippen LogP contribution in [0.4, 0.5) is 0 Å². The number of nitrogens with two attached hydrogens (primary N) is 2. The monoisotopic (exact) mass is 213 g/mol. The summed E-state index contributed by atoms with van der Waals surface area (Å²) in [7, 11) is 0. The highest BCUT2D eigenvalue weighted by molar-refractivity contribution is 5.81. The number of rotatable bonds is 4. The topological polar surface area (TPSA) is 81.1 Å². The number of carbonyl (C=O) groups excluding carboxylic acids is 1. The second kappa shape index (κ2) is 6.08. The molecule has 4 nitrogen and oxygen atoms in total. The fraction of sp³-hybridized carbons (Fsp3) is 0.909. The summed E-state index contributed by atoms with van der Waals surface area (Å²) in [6, 6.07) is 0.272. The fourth-order valence-electron chi connectivity index (χ4n) is 2.01. The minimum absolute atomic E-state index is 0.00248. The third kappa shape index (κ3) is 4.18. The average molecular weight is 213 g/mol. The number of nitrogens with one attached hydrogen (secondary N) is 1. The molecule has 0 saturated heterocycles. The van der Waals surface area contributed by atoms with Crippen molar-refractivity contribution in [3.63, 3.8) is 0 Å². The predicted octanol–water partition coefficient (Wildman–Crippen LogP) is 0.500. The van der Waals surface area contributed by atoms with E-state index in [2.05, 4.69) is 5.32 Å². The van der Waals surface area contributed by atoms with Gasteiger partial charge >= 0.3 is 0 Å². The Bertz CT molecular complexity index is 200. The molecule has 1 saturated carbocycles. The minimum atomic E-state index is -0.342. The maximum atomic E-state index is 11.6. The van der Waals surface area contributed by atoms with Crippen molar-refractivity contribution in [2.45, 2.75) is 63.6 Å². The van der Waals surface area contributed by atoms with Crippen molar-refractivity contribution in [2.24, 2.45) is 11.5 Å². The van der Waals surface area contributed by atoms with Gasteiger partial charge in [0.25, 0.3) is 0 Å². The van der Waals surface area contributed by atoms with Gasteiger partial charge < -0.3 is 16.8 Å². The first kappa shape index (κ1) is 12.5. The smallest absolute Gasteiger partial charge is 0.237 e. The van der Waals surface area contributed by atoms with Crippen LogP contribution in [0.2, 0.25) is 0 Å². The molecule has 0 bridgehead atoms. The molecule has 1 fully saturated rings. The van der Waals surface area contributed by atoms with Crippen LogP contribution in [0, 0.1) is 0 Å². The van der Waals surface area contributed by atoms with E-state index >= 15 is 0 Å². The molecular formula is C11H23N3O. The first-order valence-electron chi connectivity index (χ1n) is 5.95. The molecule has 0 aromatic heterocycles. The second-order valence-corrected chi connectivity index (χ2v) is 4.52. The largest absolute Gasteiger partial charge is 0.352 e. The zero-order valence-electron chi connectivity index (χ0n) is 9.54. The Morgan fingerprint density at radius 2 is 2.00 bits per heavy atom. The predicted molar refractivity (Wildman–Crippen MR) is 61.3 cm³/mol. The van der Waals surface area contributed by atoms with Gasteiger partial charge in [0.2, 0.25) is 5.91 Å². The van der Waals surface area contributed by atoms with E-state index in [0.717, 1.165) is 38.5 Å². The zero-order valence-corrected chi connectivity index (χ0v) is 9.54. The third-order valence-corrected chi connectivity index (χ3v) is 3.05. The van der Waals surface area contributed by atoms with E-state index in [-0.39, 0.29) is 11.9 Å². The van der Waals surface area contributed by atoms with E-state index in [9.17, 15) is 4.79 Å². The van der Waals surface area contributed by atoms with Crippen LogP contribution in [0.25, 0.3) is 0 Å². The van der Waals surface area contributed by atoms with Gasteiger partial charge in [0, 0.05) is 12.1 Å². The van der Waals surface area contributed by atoms with E-state index < -0.39 is 0 Å². The molecule has 5 N–H and O–H groups in total. The van der Waals surface area contributed by atoms with Crippen molar-refractivity contribution in [3.05, 3.63) is 0 Å². The first-order valence-corrected chi connectivity index (χ1v) is 5.95. The van der Waals surface area contributed by atoms with Gasteiger partial charge in [-0.25, -0.2) is 0 Å². The van der Waals surface area contributed by atoms with Crippen molar-refractivity contribution >= 4 is 5.91 Å². The molecule has 0 aromatic carbocycles. The molecule has 0 heterocycles. The maximum absolute atomic E-state index is 11.6.